The number of nitrogens with one attached hydrogen (secondary N) is 2. The van der Waals surface area contributed by atoms with Crippen molar-refractivity contribution < 1.29 is 13.9 Å². The molecule has 1 aromatic carbocycles. The topological polar surface area (TPSA) is 54.1 Å². The fraction of sp³-hybridized carbons (Fsp3) is 0.154. The number of aromatic nitrogens is 1. The molecule has 106 valence electrons. The first kappa shape index (κ1) is 14.7. The summed E-state index contributed by atoms with van der Waals surface area (Å²) >= 11 is 11.4. The molecule has 1 aromatic heterocycles. The second kappa shape index (κ2) is 6.15. The van der Waals surface area contributed by atoms with E-state index in [4.69, 9.17) is 23.2 Å². The lowest BCUT2D eigenvalue weighted by atomic mass is 10.3. The Bertz CT molecular complexity index is 620. The number of benzene rings is 1. The van der Waals surface area contributed by atoms with Crippen molar-refractivity contribution >= 4 is 34.9 Å². The first-order chi connectivity index (χ1) is 9.51. The third-order valence-electron chi connectivity index (χ3n) is 2.62. The summed E-state index contributed by atoms with van der Waals surface area (Å²) in [4.78, 5) is 14.2. The van der Waals surface area contributed by atoms with Crippen LogP contribution in [0.15, 0.2) is 24.3 Å². The van der Waals surface area contributed by atoms with E-state index in [1.807, 2.05) is 0 Å². The number of ether oxygens (including phenoxy) is 1. The van der Waals surface area contributed by atoms with Gasteiger partial charge in [0.1, 0.15) is 5.69 Å². The lowest BCUT2D eigenvalue weighted by Crippen LogP contribution is -2.04. The van der Waals surface area contributed by atoms with Crippen LogP contribution in [0.2, 0.25) is 10.0 Å². The van der Waals surface area contributed by atoms with E-state index in [2.05, 4.69) is 15.0 Å². The van der Waals surface area contributed by atoms with Crippen molar-refractivity contribution in [2.75, 3.05) is 12.4 Å². The predicted molar refractivity (Wildman–Crippen MR) is 75.9 cm³/mol. The molecule has 0 atom stereocenters. The van der Waals surface area contributed by atoms with Gasteiger partial charge < -0.3 is 15.0 Å². The lowest BCUT2D eigenvalue weighted by molar-refractivity contribution is 0.0594. The van der Waals surface area contributed by atoms with Gasteiger partial charge in [-0.1, -0.05) is 23.2 Å². The number of aromatic amines is 1. The number of carbonyl (C=O) groups excluding carboxylic acids is 1. The molecule has 2 rings (SSSR count). The van der Waals surface area contributed by atoms with Crippen LogP contribution in [0.3, 0.4) is 0 Å². The van der Waals surface area contributed by atoms with Crippen molar-refractivity contribution in [2.24, 2.45) is 0 Å². The molecule has 0 aliphatic carbocycles. The average molecular weight is 317 g/mol. The molecule has 0 spiro atoms. The molecule has 2 N–H and O–H groups in total. The molecule has 0 amide bonds. The van der Waals surface area contributed by atoms with Gasteiger partial charge in [-0.3, -0.25) is 0 Å². The fourth-order valence-electron chi connectivity index (χ4n) is 1.63. The highest BCUT2D eigenvalue weighted by atomic mass is 35.5. The number of rotatable bonds is 4. The minimum atomic E-state index is -0.647. The summed E-state index contributed by atoms with van der Waals surface area (Å²) in [6.45, 7) is 0.398. The largest absolute Gasteiger partial charge is 0.464 e. The number of carbonyl (C=O) groups is 1. The van der Waals surface area contributed by atoms with Gasteiger partial charge in [0, 0.05) is 11.4 Å². The van der Waals surface area contributed by atoms with E-state index in [9.17, 15) is 9.18 Å². The van der Waals surface area contributed by atoms with Crippen molar-refractivity contribution in [3.63, 3.8) is 0 Å². The van der Waals surface area contributed by atoms with Crippen LogP contribution in [0.4, 0.5) is 10.1 Å². The Balaban J connectivity index is 2.05. The fourth-order valence-corrected chi connectivity index (χ4v) is 2.11. The van der Waals surface area contributed by atoms with Crippen LogP contribution in [-0.2, 0) is 11.3 Å². The van der Waals surface area contributed by atoms with Crippen molar-refractivity contribution in [1.29, 1.82) is 0 Å². The van der Waals surface area contributed by atoms with Gasteiger partial charge in [0.25, 0.3) is 0 Å². The third kappa shape index (κ3) is 3.23. The maximum atomic E-state index is 13.3. The lowest BCUT2D eigenvalue weighted by Gasteiger charge is -2.07. The smallest absolute Gasteiger partial charge is 0.354 e. The van der Waals surface area contributed by atoms with Gasteiger partial charge in [0.15, 0.2) is 5.82 Å². The number of H-pyrrole nitrogens is 1. The first-order valence-corrected chi connectivity index (χ1v) is 6.41. The van der Waals surface area contributed by atoms with Gasteiger partial charge in [0.05, 0.1) is 23.7 Å². The molecule has 0 bridgehead atoms. The number of hydrogen-bond acceptors (Lipinski definition) is 3. The zero-order valence-corrected chi connectivity index (χ0v) is 12.0. The van der Waals surface area contributed by atoms with E-state index in [1.165, 1.54) is 19.2 Å². The second-order valence-electron chi connectivity index (χ2n) is 4.00. The van der Waals surface area contributed by atoms with E-state index in [0.717, 1.165) is 5.69 Å². The van der Waals surface area contributed by atoms with Gasteiger partial charge in [-0.05, 0) is 24.3 Å². The standard InChI is InChI=1S/C13H11Cl2FN2O2/c1-20-13(19)11-3-2-7(18-11)6-17-8-4-9(14)12(16)10(15)5-8/h2-5,17-18H,6H2,1H3. The number of methoxy groups -OCH3 is 1. The normalized spacial score (nSPS) is 10.4. The zero-order valence-electron chi connectivity index (χ0n) is 10.5. The number of anilines is 1. The van der Waals surface area contributed by atoms with Crippen molar-refractivity contribution in [2.45, 2.75) is 6.54 Å². The molecule has 7 heteroatoms. The Hall–Kier alpha value is -1.72. The molecule has 2 aromatic rings. The van der Waals surface area contributed by atoms with Gasteiger partial charge in [-0.2, -0.15) is 0 Å². The summed E-state index contributed by atoms with van der Waals surface area (Å²) < 4.78 is 17.8. The minimum absolute atomic E-state index is 0.0539. The van der Waals surface area contributed by atoms with Crippen LogP contribution in [0.5, 0.6) is 0 Å². The summed E-state index contributed by atoms with van der Waals surface area (Å²) in [5.74, 6) is -1.09. The van der Waals surface area contributed by atoms with Gasteiger partial charge in [-0.25, -0.2) is 9.18 Å². The molecule has 20 heavy (non-hydrogen) atoms. The van der Waals surface area contributed by atoms with Crippen LogP contribution < -0.4 is 5.32 Å². The van der Waals surface area contributed by atoms with E-state index >= 15 is 0 Å². The summed E-state index contributed by atoms with van der Waals surface area (Å²) in [6.07, 6.45) is 0. The molecular formula is C13H11Cl2FN2O2. The molecule has 0 unspecified atom stereocenters. The monoisotopic (exact) mass is 316 g/mol. The Kier molecular flexibility index (Phi) is 4.52. The second-order valence-corrected chi connectivity index (χ2v) is 4.81. The Morgan fingerprint density at radius 3 is 2.60 bits per heavy atom. The Labute approximate surface area is 124 Å². The van der Waals surface area contributed by atoms with Crippen LogP contribution in [-0.4, -0.2) is 18.1 Å². The average Bonchev–Trinajstić information content (AvgIpc) is 2.90. The van der Waals surface area contributed by atoms with E-state index < -0.39 is 11.8 Å². The molecule has 1 heterocycles. The van der Waals surface area contributed by atoms with Gasteiger partial charge >= 0.3 is 5.97 Å². The van der Waals surface area contributed by atoms with Crippen LogP contribution in [0.1, 0.15) is 16.2 Å². The quantitative estimate of drug-likeness (QED) is 0.665. The zero-order chi connectivity index (χ0) is 14.7. The summed E-state index contributed by atoms with van der Waals surface area (Å²) in [7, 11) is 1.31. The van der Waals surface area contributed by atoms with Crippen molar-refractivity contribution in [3.8, 4) is 0 Å². The molecule has 0 saturated heterocycles. The van der Waals surface area contributed by atoms with Crippen LogP contribution >= 0.6 is 23.2 Å². The van der Waals surface area contributed by atoms with Crippen molar-refractivity contribution in [1.82, 2.24) is 4.98 Å². The summed E-state index contributed by atoms with van der Waals surface area (Å²) in [6, 6.07) is 6.24. The Morgan fingerprint density at radius 1 is 1.35 bits per heavy atom. The van der Waals surface area contributed by atoms with E-state index in [-0.39, 0.29) is 10.0 Å². The van der Waals surface area contributed by atoms with E-state index in [0.29, 0.717) is 17.9 Å². The molecule has 0 saturated carbocycles. The van der Waals surface area contributed by atoms with Gasteiger partial charge in [-0.15, -0.1) is 0 Å². The number of hydrogen-bond donors (Lipinski definition) is 2. The highest BCUT2D eigenvalue weighted by Gasteiger charge is 2.09. The minimum Gasteiger partial charge on any atom is -0.464 e. The number of esters is 1. The highest BCUT2D eigenvalue weighted by Crippen LogP contribution is 2.27. The van der Waals surface area contributed by atoms with Crippen LogP contribution in [0.25, 0.3) is 0 Å². The summed E-state index contributed by atoms with van der Waals surface area (Å²) in [5, 5.41) is 2.91. The predicted octanol–water partition coefficient (Wildman–Crippen LogP) is 3.86. The van der Waals surface area contributed by atoms with E-state index in [1.54, 1.807) is 12.1 Å². The Morgan fingerprint density at radius 2 is 2.00 bits per heavy atom. The first-order valence-electron chi connectivity index (χ1n) is 5.66. The maximum Gasteiger partial charge on any atom is 0.354 e. The van der Waals surface area contributed by atoms with Crippen molar-refractivity contribution in [3.05, 3.63) is 51.5 Å². The van der Waals surface area contributed by atoms with Crippen LogP contribution in [0, 0.1) is 5.82 Å². The highest BCUT2D eigenvalue weighted by molar-refractivity contribution is 6.35. The van der Waals surface area contributed by atoms with Gasteiger partial charge in [0.2, 0.25) is 0 Å². The molecule has 0 aliphatic rings. The SMILES string of the molecule is COC(=O)c1ccc(CNc2cc(Cl)c(F)c(Cl)c2)[nH]1. The maximum absolute atomic E-state index is 13.3. The molecule has 0 radical (unpaired) electrons. The summed E-state index contributed by atoms with van der Waals surface area (Å²) in [5.41, 5.74) is 1.71. The molecule has 0 aliphatic heterocycles. The molecular weight excluding hydrogens is 306 g/mol. The molecule has 4 nitrogen and oxygen atoms in total. The third-order valence-corrected chi connectivity index (χ3v) is 3.17. The molecule has 0 fully saturated rings. The number of halogens is 3.